The summed E-state index contributed by atoms with van der Waals surface area (Å²) in [6.45, 7) is 0.337. The van der Waals surface area contributed by atoms with Gasteiger partial charge in [-0.25, -0.2) is 0 Å². The van der Waals surface area contributed by atoms with Crippen LogP contribution in [0.3, 0.4) is 0 Å². The van der Waals surface area contributed by atoms with Gasteiger partial charge in [-0.2, -0.15) is 13.2 Å². The van der Waals surface area contributed by atoms with E-state index in [2.05, 4.69) is 4.99 Å². The summed E-state index contributed by atoms with van der Waals surface area (Å²) in [6, 6.07) is 0. The fraction of sp³-hybridized carbons (Fsp3) is 0.333. The third-order valence-electron chi connectivity index (χ3n) is 2.12. The molecule has 15 heavy (non-hydrogen) atoms. The van der Waals surface area contributed by atoms with Crippen molar-refractivity contribution in [2.45, 2.75) is 12.6 Å². The quantitative estimate of drug-likeness (QED) is 0.605. The summed E-state index contributed by atoms with van der Waals surface area (Å²) in [7, 11) is 0. The molecule has 2 aliphatic heterocycles. The molecular formula is C9H7F3N2O. The fourth-order valence-electron chi connectivity index (χ4n) is 1.38. The third-order valence-corrected chi connectivity index (χ3v) is 2.12. The lowest BCUT2D eigenvalue weighted by Crippen LogP contribution is -2.38. The second kappa shape index (κ2) is 3.22. The normalized spacial score (nSPS) is 21.0. The smallest absolute Gasteiger partial charge is 0.274 e. The molecule has 0 aromatic carbocycles. The summed E-state index contributed by atoms with van der Waals surface area (Å²) in [6.07, 6.45) is -1.35. The molecule has 0 saturated heterocycles. The molecule has 0 bridgehead atoms. The molecule has 0 radical (unpaired) electrons. The molecule has 0 saturated carbocycles. The van der Waals surface area contributed by atoms with Gasteiger partial charge in [-0.1, -0.05) is 0 Å². The number of fused-ring (bicyclic) bond motifs is 1. The number of amides is 1. The van der Waals surface area contributed by atoms with Crippen LogP contribution in [0, 0.1) is 0 Å². The molecule has 0 N–H and O–H groups in total. The number of alkyl halides is 3. The van der Waals surface area contributed by atoms with E-state index in [1.165, 1.54) is 6.08 Å². The van der Waals surface area contributed by atoms with Crippen molar-refractivity contribution >= 4 is 11.7 Å². The van der Waals surface area contributed by atoms with Crippen LogP contribution in [0.2, 0.25) is 0 Å². The molecule has 80 valence electrons. The fourth-order valence-corrected chi connectivity index (χ4v) is 1.38. The predicted octanol–water partition coefficient (Wildman–Crippen LogP) is 1.63. The Balaban J connectivity index is 2.35. The number of halogens is 3. The molecule has 0 atom stereocenters. The monoisotopic (exact) mass is 216 g/mol. The Labute approximate surface area is 83.6 Å². The molecule has 3 nitrogen and oxygen atoms in total. The van der Waals surface area contributed by atoms with Gasteiger partial charge in [0.2, 0.25) is 5.91 Å². The van der Waals surface area contributed by atoms with Gasteiger partial charge in [0.05, 0.1) is 12.1 Å². The highest BCUT2D eigenvalue weighted by Gasteiger charge is 2.35. The number of hydrogen-bond acceptors (Lipinski definition) is 2. The number of hydrogen-bond donors (Lipinski definition) is 0. The van der Waals surface area contributed by atoms with Gasteiger partial charge in [-0.05, 0) is 12.2 Å². The Kier molecular flexibility index (Phi) is 2.13. The first-order valence-electron chi connectivity index (χ1n) is 4.32. The van der Waals surface area contributed by atoms with E-state index in [1.54, 1.807) is 0 Å². The largest absolute Gasteiger partial charge is 0.417 e. The van der Waals surface area contributed by atoms with Gasteiger partial charge in [-0.15, -0.1) is 0 Å². The van der Waals surface area contributed by atoms with E-state index < -0.39 is 11.7 Å². The Morgan fingerprint density at radius 2 is 2.07 bits per heavy atom. The molecule has 2 rings (SSSR count). The van der Waals surface area contributed by atoms with E-state index in [4.69, 9.17) is 0 Å². The molecule has 0 spiro atoms. The van der Waals surface area contributed by atoms with Gasteiger partial charge in [0.25, 0.3) is 0 Å². The Morgan fingerprint density at radius 3 is 2.73 bits per heavy atom. The highest BCUT2D eigenvalue weighted by molar-refractivity contribution is 6.07. The summed E-state index contributed by atoms with van der Waals surface area (Å²) >= 11 is 0. The van der Waals surface area contributed by atoms with Crippen molar-refractivity contribution in [1.82, 2.24) is 4.90 Å². The molecule has 0 aliphatic carbocycles. The zero-order valence-corrected chi connectivity index (χ0v) is 7.58. The zero-order chi connectivity index (χ0) is 11.1. The lowest BCUT2D eigenvalue weighted by Gasteiger charge is -2.26. The van der Waals surface area contributed by atoms with E-state index in [-0.39, 0.29) is 18.2 Å². The van der Waals surface area contributed by atoms with Crippen LogP contribution in [-0.2, 0) is 4.79 Å². The molecule has 2 heterocycles. The van der Waals surface area contributed by atoms with Crippen LogP contribution >= 0.6 is 0 Å². The summed E-state index contributed by atoms with van der Waals surface area (Å²) in [4.78, 5) is 16.2. The average Bonchev–Trinajstić information content (AvgIpc) is 2.16. The van der Waals surface area contributed by atoms with Crippen LogP contribution in [0.25, 0.3) is 0 Å². The minimum Gasteiger partial charge on any atom is -0.274 e. The van der Waals surface area contributed by atoms with Gasteiger partial charge >= 0.3 is 6.18 Å². The van der Waals surface area contributed by atoms with Gasteiger partial charge in [0, 0.05) is 12.6 Å². The van der Waals surface area contributed by atoms with Crippen LogP contribution < -0.4 is 0 Å². The zero-order valence-electron chi connectivity index (χ0n) is 7.58. The first-order chi connectivity index (χ1) is 6.98. The summed E-state index contributed by atoms with van der Waals surface area (Å²) in [5.41, 5.74) is -0.836. The number of rotatable bonds is 0. The molecule has 1 amide bonds. The second-order valence-corrected chi connectivity index (χ2v) is 3.17. The Bertz CT molecular complexity index is 393. The highest BCUT2D eigenvalue weighted by Crippen LogP contribution is 2.29. The number of carbonyl (C=O) groups excluding carboxylic acids is 1. The van der Waals surface area contributed by atoms with Gasteiger partial charge < -0.3 is 0 Å². The van der Waals surface area contributed by atoms with Crippen LogP contribution in [-0.4, -0.2) is 29.4 Å². The van der Waals surface area contributed by atoms with Crippen molar-refractivity contribution in [3.05, 3.63) is 23.9 Å². The predicted molar refractivity (Wildman–Crippen MR) is 47.0 cm³/mol. The average molecular weight is 216 g/mol. The maximum absolute atomic E-state index is 12.3. The minimum absolute atomic E-state index is 0.152. The second-order valence-electron chi connectivity index (χ2n) is 3.17. The van der Waals surface area contributed by atoms with Gasteiger partial charge in [0.15, 0.2) is 0 Å². The van der Waals surface area contributed by atoms with Crippen molar-refractivity contribution in [2.75, 3.05) is 6.54 Å². The van der Waals surface area contributed by atoms with E-state index in [9.17, 15) is 18.0 Å². The minimum atomic E-state index is -4.43. The number of allylic oxidation sites excluding steroid dienone is 2. The summed E-state index contributed by atoms with van der Waals surface area (Å²) in [5.74, 6) is -0.0784. The molecule has 0 aromatic heterocycles. The molecule has 0 aromatic rings. The van der Waals surface area contributed by atoms with E-state index >= 15 is 0 Å². The molecule has 2 aliphatic rings. The van der Waals surface area contributed by atoms with Crippen molar-refractivity contribution in [1.29, 1.82) is 0 Å². The van der Waals surface area contributed by atoms with E-state index in [0.29, 0.717) is 6.54 Å². The van der Waals surface area contributed by atoms with Crippen LogP contribution in [0.15, 0.2) is 28.9 Å². The SMILES string of the molecule is O=C1CCN=C2C=CC(C(F)(F)F)=CN12. The number of nitrogens with zero attached hydrogens (tertiary/aromatic N) is 2. The maximum atomic E-state index is 12.3. The number of aliphatic imine (C=N–C) groups is 1. The summed E-state index contributed by atoms with van der Waals surface area (Å²) in [5, 5.41) is 0. The van der Waals surface area contributed by atoms with E-state index in [0.717, 1.165) is 17.2 Å². The molecule has 6 heteroatoms. The third kappa shape index (κ3) is 1.79. The Hall–Kier alpha value is -1.59. The maximum Gasteiger partial charge on any atom is 0.417 e. The van der Waals surface area contributed by atoms with Crippen LogP contribution in [0.1, 0.15) is 6.42 Å². The highest BCUT2D eigenvalue weighted by atomic mass is 19.4. The lowest BCUT2D eigenvalue weighted by molar-refractivity contribution is -0.126. The molecule has 0 unspecified atom stereocenters. The number of carbonyl (C=O) groups is 1. The first kappa shape index (κ1) is 9.95. The van der Waals surface area contributed by atoms with Crippen molar-refractivity contribution in [2.24, 2.45) is 4.99 Å². The standard InChI is InChI=1S/C9H7F3N2O/c10-9(11,12)6-1-2-7-13-4-3-8(15)14(7)5-6/h1-2,5H,3-4H2. The van der Waals surface area contributed by atoms with Gasteiger partial charge in [-0.3, -0.25) is 14.7 Å². The van der Waals surface area contributed by atoms with Crippen molar-refractivity contribution in [3.8, 4) is 0 Å². The Morgan fingerprint density at radius 1 is 1.33 bits per heavy atom. The summed E-state index contributed by atoms with van der Waals surface area (Å²) < 4.78 is 37.0. The molecular weight excluding hydrogens is 209 g/mol. The van der Waals surface area contributed by atoms with Crippen LogP contribution in [0.5, 0.6) is 0 Å². The van der Waals surface area contributed by atoms with E-state index in [1.807, 2.05) is 0 Å². The number of amidine groups is 1. The van der Waals surface area contributed by atoms with Crippen LogP contribution in [0.4, 0.5) is 13.2 Å². The van der Waals surface area contributed by atoms with Crippen molar-refractivity contribution < 1.29 is 18.0 Å². The first-order valence-corrected chi connectivity index (χ1v) is 4.32. The topological polar surface area (TPSA) is 32.7 Å². The lowest BCUT2D eigenvalue weighted by atomic mass is 10.1. The molecule has 0 fully saturated rings. The van der Waals surface area contributed by atoms with Gasteiger partial charge in [0.1, 0.15) is 5.84 Å². The van der Waals surface area contributed by atoms with Crippen molar-refractivity contribution in [3.63, 3.8) is 0 Å².